The maximum Gasteiger partial charge on any atom is 0.266 e. The van der Waals surface area contributed by atoms with Gasteiger partial charge in [-0.2, -0.15) is 0 Å². The number of amides is 2. The number of hydrogen-bond acceptors (Lipinski definition) is 6. The molecule has 0 saturated carbocycles. The van der Waals surface area contributed by atoms with E-state index in [-0.39, 0.29) is 18.4 Å². The number of thioether (sulfide) groups is 1. The third-order valence-corrected chi connectivity index (χ3v) is 6.93. The molecule has 1 heterocycles. The summed E-state index contributed by atoms with van der Waals surface area (Å²) in [5.41, 5.74) is 3.69. The Hall–Kier alpha value is -3.62. The number of anilines is 1. The minimum atomic E-state index is -0.271. The molecule has 4 rings (SSSR count). The zero-order chi connectivity index (χ0) is 25.5. The van der Waals surface area contributed by atoms with Crippen molar-refractivity contribution in [1.82, 2.24) is 4.90 Å². The van der Waals surface area contributed by atoms with Crippen LogP contribution < -0.4 is 14.8 Å². The van der Waals surface area contributed by atoms with Gasteiger partial charge in [0.05, 0.1) is 18.6 Å². The highest BCUT2D eigenvalue weighted by atomic mass is 32.2. The van der Waals surface area contributed by atoms with Gasteiger partial charge in [-0.05, 0) is 53.5 Å². The second kappa shape index (κ2) is 11.9. The molecule has 3 aromatic carbocycles. The van der Waals surface area contributed by atoms with Crippen LogP contribution in [0.3, 0.4) is 0 Å². The molecule has 3 aromatic rings. The van der Waals surface area contributed by atoms with Gasteiger partial charge >= 0.3 is 0 Å². The molecule has 0 bridgehead atoms. The van der Waals surface area contributed by atoms with Crippen LogP contribution in [-0.4, -0.2) is 34.8 Å². The smallest absolute Gasteiger partial charge is 0.266 e. The summed E-state index contributed by atoms with van der Waals surface area (Å²) in [4.78, 5) is 27.4. The number of nitrogens with zero attached hydrogens (tertiary/aromatic N) is 1. The Morgan fingerprint density at radius 3 is 2.47 bits per heavy atom. The number of aryl methyl sites for hydroxylation is 1. The zero-order valence-corrected chi connectivity index (χ0v) is 21.7. The van der Waals surface area contributed by atoms with Gasteiger partial charge in [0.25, 0.3) is 11.8 Å². The largest absolute Gasteiger partial charge is 0.493 e. The van der Waals surface area contributed by atoms with Crippen LogP contribution in [0.4, 0.5) is 5.69 Å². The first-order chi connectivity index (χ1) is 17.5. The number of ether oxygens (including phenoxy) is 2. The molecule has 184 valence electrons. The summed E-state index contributed by atoms with van der Waals surface area (Å²) in [6, 6.07) is 22.7. The van der Waals surface area contributed by atoms with Crippen molar-refractivity contribution in [3.05, 3.63) is 94.4 Å². The van der Waals surface area contributed by atoms with E-state index in [0.717, 1.165) is 17.5 Å². The van der Waals surface area contributed by atoms with E-state index in [1.807, 2.05) is 60.7 Å². The van der Waals surface area contributed by atoms with Gasteiger partial charge in [0, 0.05) is 5.69 Å². The summed E-state index contributed by atoms with van der Waals surface area (Å²) < 4.78 is 11.7. The normalized spacial score (nSPS) is 14.3. The minimum Gasteiger partial charge on any atom is -0.493 e. The molecule has 0 spiro atoms. The molecule has 0 unspecified atom stereocenters. The number of benzene rings is 3. The number of methoxy groups -OCH3 is 1. The van der Waals surface area contributed by atoms with Gasteiger partial charge in [0.2, 0.25) is 0 Å². The number of carbonyl (C=O) groups is 2. The lowest BCUT2D eigenvalue weighted by Crippen LogP contribution is -2.27. The minimum absolute atomic E-state index is 0.128. The summed E-state index contributed by atoms with van der Waals surface area (Å²) in [6.45, 7) is 2.35. The van der Waals surface area contributed by atoms with E-state index in [0.29, 0.717) is 33.0 Å². The van der Waals surface area contributed by atoms with Gasteiger partial charge in [-0.25, -0.2) is 0 Å². The van der Waals surface area contributed by atoms with Crippen molar-refractivity contribution in [2.24, 2.45) is 0 Å². The van der Waals surface area contributed by atoms with Crippen molar-refractivity contribution in [1.29, 1.82) is 0 Å². The van der Waals surface area contributed by atoms with Crippen LogP contribution in [0.25, 0.3) is 6.08 Å². The molecule has 8 heteroatoms. The molecule has 1 N–H and O–H groups in total. The van der Waals surface area contributed by atoms with Crippen molar-refractivity contribution in [2.45, 2.75) is 19.9 Å². The summed E-state index contributed by atoms with van der Waals surface area (Å²) in [7, 11) is 1.53. The Morgan fingerprint density at radius 1 is 1.03 bits per heavy atom. The SMILES string of the molecule is CCc1ccc(NC(=O)COc2ccc(/C=C3/SC(=S)N(Cc4ccccc4)C3=O)cc2OC)cc1. The maximum absolute atomic E-state index is 13.0. The number of nitrogens with one attached hydrogen (secondary N) is 1. The van der Waals surface area contributed by atoms with E-state index >= 15 is 0 Å². The number of hydrogen-bond donors (Lipinski definition) is 1. The van der Waals surface area contributed by atoms with Crippen LogP contribution in [0.1, 0.15) is 23.6 Å². The van der Waals surface area contributed by atoms with Gasteiger partial charge in [-0.3, -0.25) is 14.5 Å². The summed E-state index contributed by atoms with van der Waals surface area (Å²) in [5, 5.41) is 2.82. The Labute approximate surface area is 220 Å². The molecule has 0 aliphatic carbocycles. The second-order valence-corrected chi connectivity index (χ2v) is 9.73. The highest BCUT2D eigenvalue weighted by Crippen LogP contribution is 2.35. The molecule has 0 atom stereocenters. The van der Waals surface area contributed by atoms with E-state index in [4.69, 9.17) is 21.7 Å². The van der Waals surface area contributed by atoms with Crippen LogP contribution >= 0.6 is 24.0 Å². The van der Waals surface area contributed by atoms with Crippen LogP contribution in [0.5, 0.6) is 11.5 Å². The van der Waals surface area contributed by atoms with Crippen LogP contribution in [0.15, 0.2) is 77.7 Å². The number of carbonyl (C=O) groups excluding carboxylic acids is 2. The lowest BCUT2D eigenvalue weighted by molar-refractivity contribution is -0.122. The average molecular weight is 519 g/mol. The lowest BCUT2D eigenvalue weighted by atomic mass is 10.1. The van der Waals surface area contributed by atoms with E-state index < -0.39 is 0 Å². The Balaban J connectivity index is 1.39. The van der Waals surface area contributed by atoms with Gasteiger partial charge in [-0.1, -0.05) is 79.4 Å². The molecule has 1 aliphatic heterocycles. The summed E-state index contributed by atoms with van der Waals surface area (Å²) >= 11 is 6.72. The van der Waals surface area contributed by atoms with Crippen molar-refractivity contribution in [3.63, 3.8) is 0 Å². The molecule has 0 aromatic heterocycles. The molecular formula is C28H26N2O4S2. The zero-order valence-electron chi connectivity index (χ0n) is 20.0. The van der Waals surface area contributed by atoms with Gasteiger partial charge < -0.3 is 14.8 Å². The van der Waals surface area contributed by atoms with E-state index in [1.165, 1.54) is 24.4 Å². The highest BCUT2D eigenvalue weighted by Gasteiger charge is 2.32. The van der Waals surface area contributed by atoms with Crippen LogP contribution in [-0.2, 0) is 22.6 Å². The first-order valence-electron chi connectivity index (χ1n) is 11.5. The van der Waals surface area contributed by atoms with E-state index in [9.17, 15) is 9.59 Å². The molecule has 36 heavy (non-hydrogen) atoms. The summed E-state index contributed by atoms with van der Waals surface area (Å²) in [5.74, 6) is 0.496. The molecule has 6 nitrogen and oxygen atoms in total. The van der Waals surface area contributed by atoms with Crippen LogP contribution in [0.2, 0.25) is 0 Å². The van der Waals surface area contributed by atoms with E-state index in [2.05, 4.69) is 12.2 Å². The standard InChI is InChI=1S/C28H26N2O4S2/c1-3-19-9-12-22(13-10-19)29-26(31)18-34-23-14-11-21(15-24(23)33-2)16-25-27(32)30(28(35)36-25)17-20-7-5-4-6-8-20/h4-16H,3,17-18H2,1-2H3,(H,29,31)/b25-16+. The molecule has 1 fully saturated rings. The first-order valence-corrected chi connectivity index (χ1v) is 12.7. The van der Waals surface area contributed by atoms with E-state index in [1.54, 1.807) is 23.1 Å². The Morgan fingerprint density at radius 2 is 1.78 bits per heavy atom. The Kier molecular flexibility index (Phi) is 8.40. The molecule has 2 amide bonds. The number of thiocarbonyl (C=S) groups is 1. The molecule has 1 aliphatic rings. The molecular weight excluding hydrogens is 492 g/mol. The predicted molar refractivity (Wildman–Crippen MR) is 148 cm³/mol. The third-order valence-electron chi connectivity index (χ3n) is 5.55. The van der Waals surface area contributed by atoms with Crippen LogP contribution in [0, 0.1) is 0 Å². The topological polar surface area (TPSA) is 67.9 Å². The monoisotopic (exact) mass is 518 g/mol. The predicted octanol–water partition coefficient (Wildman–Crippen LogP) is 5.68. The average Bonchev–Trinajstić information content (AvgIpc) is 3.16. The van der Waals surface area contributed by atoms with Crippen molar-refractivity contribution >= 4 is 51.9 Å². The van der Waals surface area contributed by atoms with Crippen molar-refractivity contribution in [2.75, 3.05) is 19.0 Å². The molecule has 1 saturated heterocycles. The van der Waals surface area contributed by atoms with Crippen molar-refractivity contribution in [3.8, 4) is 11.5 Å². The van der Waals surface area contributed by atoms with Gasteiger partial charge in [0.1, 0.15) is 4.32 Å². The first kappa shape index (κ1) is 25.5. The third kappa shape index (κ3) is 6.33. The van der Waals surface area contributed by atoms with Gasteiger partial charge in [0.15, 0.2) is 18.1 Å². The Bertz CT molecular complexity index is 1290. The fraction of sp³-hybridized carbons (Fsp3) is 0.179. The second-order valence-electron chi connectivity index (χ2n) is 8.05. The quantitative estimate of drug-likeness (QED) is 0.291. The van der Waals surface area contributed by atoms with Crippen molar-refractivity contribution < 1.29 is 19.1 Å². The van der Waals surface area contributed by atoms with Gasteiger partial charge in [-0.15, -0.1) is 0 Å². The summed E-state index contributed by atoms with van der Waals surface area (Å²) in [6.07, 6.45) is 2.72. The fourth-order valence-corrected chi connectivity index (χ4v) is 4.87. The maximum atomic E-state index is 13.0. The number of rotatable bonds is 9. The highest BCUT2D eigenvalue weighted by molar-refractivity contribution is 8.26. The molecule has 0 radical (unpaired) electrons. The fourth-order valence-electron chi connectivity index (χ4n) is 3.61. The lowest BCUT2D eigenvalue weighted by Gasteiger charge is -2.14.